The first-order valence-corrected chi connectivity index (χ1v) is 3.03. The van der Waals surface area contributed by atoms with E-state index in [0.29, 0.717) is 0 Å². The van der Waals surface area contributed by atoms with Crippen molar-refractivity contribution in [2.24, 2.45) is 0 Å². The Morgan fingerprint density at radius 1 is 1.42 bits per heavy atom. The fourth-order valence-electron chi connectivity index (χ4n) is 0.781. The Labute approximate surface area is 69.7 Å². The maximum atomic E-state index is 10.3. The molecule has 1 aromatic rings. The lowest BCUT2D eigenvalue weighted by molar-refractivity contribution is -0.385. The molecule has 0 aromatic heterocycles. The predicted molar refractivity (Wildman–Crippen MR) is 44.7 cm³/mol. The largest absolute Gasteiger partial charge is 0.490 e. The van der Waals surface area contributed by atoms with Crippen LogP contribution in [0.25, 0.3) is 0 Å². The molecule has 0 heterocycles. The van der Waals surface area contributed by atoms with E-state index in [0.717, 1.165) is 0 Å². The van der Waals surface area contributed by atoms with Crippen molar-refractivity contribution in [3.63, 3.8) is 0 Å². The molecule has 0 atom stereocenters. The van der Waals surface area contributed by atoms with Gasteiger partial charge in [-0.25, -0.2) is 0 Å². The quantitative estimate of drug-likeness (QED) is 0.541. The zero-order chi connectivity index (χ0) is 8.27. The minimum atomic E-state index is -0.473. The molecule has 12 heavy (non-hydrogen) atoms. The van der Waals surface area contributed by atoms with E-state index in [1.54, 1.807) is 18.2 Å². The second-order valence-electron chi connectivity index (χ2n) is 1.93. The number of nitro groups is 1. The Kier molecular flexibility index (Phi) is 3.72. The molecule has 1 aromatic carbocycles. The number of hydrogen-bond acceptors (Lipinski definition) is 4. The molecule has 5 nitrogen and oxygen atoms in total. The lowest BCUT2D eigenvalue weighted by Gasteiger charge is -1.98. The molecule has 0 saturated carbocycles. The summed E-state index contributed by atoms with van der Waals surface area (Å²) in [5, 5.41) is 10.3. The molecule has 0 saturated heterocycles. The molecule has 3 N–H and O–H groups in total. The normalized spacial score (nSPS) is 8.42. The van der Waals surface area contributed by atoms with Crippen LogP contribution in [0.1, 0.15) is 0 Å². The van der Waals surface area contributed by atoms with Crippen LogP contribution in [0, 0.1) is 10.1 Å². The van der Waals surface area contributed by atoms with Gasteiger partial charge in [-0.3, -0.25) is 10.1 Å². The van der Waals surface area contributed by atoms with Crippen LogP contribution in [-0.4, -0.2) is 12.0 Å². The van der Waals surface area contributed by atoms with E-state index >= 15 is 0 Å². The third-order valence-corrected chi connectivity index (χ3v) is 1.28. The topological polar surface area (TPSA) is 87.4 Å². The van der Waals surface area contributed by atoms with Crippen molar-refractivity contribution in [3.8, 4) is 5.75 Å². The van der Waals surface area contributed by atoms with Crippen molar-refractivity contribution in [1.82, 2.24) is 6.15 Å². The zero-order valence-corrected chi connectivity index (χ0v) is 6.69. The molecular weight excluding hydrogens is 160 g/mol. The van der Waals surface area contributed by atoms with E-state index in [-0.39, 0.29) is 17.6 Å². The molecule has 0 fully saturated rings. The van der Waals surface area contributed by atoms with Crippen LogP contribution < -0.4 is 10.9 Å². The Bertz CT molecular complexity index is 275. The zero-order valence-electron chi connectivity index (χ0n) is 6.69. The van der Waals surface area contributed by atoms with Crippen molar-refractivity contribution in [3.05, 3.63) is 34.4 Å². The van der Waals surface area contributed by atoms with E-state index in [9.17, 15) is 10.1 Å². The number of para-hydroxylation sites is 2. The molecule has 0 spiro atoms. The first-order chi connectivity index (χ1) is 5.25. The summed E-state index contributed by atoms with van der Waals surface area (Å²) in [4.78, 5) is 9.83. The van der Waals surface area contributed by atoms with Gasteiger partial charge in [0.15, 0.2) is 5.75 Å². The van der Waals surface area contributed by atoms with Crippen molar-refractivity contribution in [2.75, 3.05) is 7.11 Å². The summed E-state index contributed by atoms with van der Waals surface area (Å²) >= 11 is 0. The maximum Gasteiger partial charge on any atom is 0.310 e. The van der Waals surface area contributed by atoms with Gasteiger partial charge >= 0.3 is 5.69 Å². The number of benzene rings is 1. The van der Waals surface area contributed by atoms with Crippen molar-refractivity contribution >= 4 is 5.69 Å². The minimum Gasteiger partial charge on any atom is -0.490 e. The Morgan fingerprint density at radius 2 is 2.00 bits per heavy atom. The fraction of sp³-hybridized carbons (Fsp3) is 0.143. The molecule has 66 valence electrons. The smallest absolute Gasteiger partial charge is 0.310 e. The van der Waals surface area contributed by atoms with Crippen LogP contribution in [0.5, 0.6) is 5.75 Å². The average Bonchev–Trinajstić information content (AvgIpc) is 2.04. The van der Waals surface area contributed by atoms with E-state index in [1.807, 2.05) is 0 Å². The first kappa shape index (κ1) is 10.4. The maximum absolute atomic E-state index is 10.3. The third kappa shape index (κ3) is 1.93. The summed E-state index contributed by atoms with van der Waals surface area (Å²) in [5.74, 6) is 0.289. The number of methoxy groups -OCH3 is 1. The van der Waals surface area contributed by atoms with Crippen molar-refractivity contribution in [1.29, 1.82) is 0 Å². The van der Waals surface area contributed by atoms with Crippen LogP contribution in [0.3, 0.4) is 0 Å². The van der Waals surface area contributed by atoms with Crippen LogP contribution in [0.4, 0.5) is 5.69 Å². The molecule has 0 unspecified atom stereocenters. The number of hydrogen-bond donors (Lipinski definition) is 1. The van der Waals surface area contributed by atoms with Gasteiger partial charge in [0.1, 0.15) is 0 Å². The van der Waals surface area contributed by atoms with Crippen LogP contribution in [0.2, 0.25) is 0 Å². The second-order valence-corrected chi connectivity index (χ2v) is 1.93. The number of nitro benzene ring substituents is 1. The third-order valence-electron chi connectivity index (χ3n) is 1.28. The summed E-state index contributed by atoms with van der Waals surface area (Å²) < 4.78 is 4.76. The molecule has 0 radical (unpaired) electrons. The van der Waals surface area contributed by atoms with Gasteiger partial charge in [0.25, 0.3) is 0 Å². The van der Waals surface area contributed by atoms with Gasteiger partial charge < -0.3 is 10.9 Å². The van der Waals surface area contributed by atoms with Gasteiger partial charge in [-0.2, -0.15) is 0 Å². The van der Waals surface area contributed by atoms with E-state index in [4.69, 9.17) is 4.74 Å². The molecular formula is C7H10N2O3. The van der Waals surface area contributed by atoms with Crippen molar-refractivity contribution < 1.29 is 9.66 Å². The van der Waals surface area contributed by atoms with Crippen LogP contribution in [-0.2, 0) is 0 Å². The Hall–Kier alpha value is -1.62. The highest BCUT2D eigenvalue weighted by atomic mass is 16.6. The molecule has 0 amide bonds. The lowest BCUT2D eigenvalue weighted by atomic mass is 10.3. The minimum absolute atomic E-state index is 0. The van der Waals surface area contributed by atoms with Gasteiger partial charge in [0, 0.05) is 6.07 Å². The fourth-order valence-corrected chi connectivity index (χ4v) is 0.781. The second kappa shape index (κ2) is 4.30. The lowest BCUT2D eigenvalue weighted by Crippen LogP contribution is -1.92. The van der Waals surface area contributed by atoms with Gasteiger partial charge in [-0.05, 0) is 6.07 Å². The molecule has 0 aliphatic carbocycles. The first-order valence-electron chi connectivity index (χ1n) is 3.03. The molecule has 0 aliphatic rings. The monoisotopic (exact) mass is 170 g/mol. The number of rotatable bonds is 2. The highest BCUT2D eigenvalue weighted by Gasteiger charge is 2.11. The highest BCUT2D eigenvalue weighted by molar-refractivity contribution is 5.45. The molecule has 1 rings (SSSR count). The highest BCUT2D eigenvalue weighted by Crippen LogP contribution is 2.24. The van der Waals surface area contributed by atoms with Crippen LogP contribution >= 0.6 is 0 Å². The Balaban J connectivity index is 0.00000121. The Morgan fingerprint density at radius 3 is 2.42 bits per heavy atom. The number of nitrogens with zero attached hydrogens (tertiary/aromatic N) is 1. The van der Waals surface area contributed by atoms with Gasteiger partial charge in [0.05, 0.1) is 12.0 Å². The van der Waals surface area contributed by atoms with Gasteiger partial charge in [-0.15, -0.1) is 0 Å². The predicted octanol–water partition coefficient (Wildman–Crippen LogP) is 1.77. The summed E-state index contributed by atoms with van der Waals surface area (Å²) in [6.07, 6.45) is 0. The average molecular weight is 170 g/mol. The summed E-state index contributed by atoms with van der Waals surface area (Å²) in [6.45, 7) is 0. The SMILES string of the molecule is COc1ccccc1[N+](=O)[O-].N. The summed E-state index contributed by atoms with van der Waals surface area (Å²) in [6, 6.07) is 6.24. The van der Waals surface area contributed by atoms with E-state index < -0.39 is 4.92 Å². The molecule has 5 heteroatoms. The van der Waals surface area contributed by atoms with E-state index in [1.165, 1.54) is 13.2 Å². The van der Waals surface area contributed by atoms with Gasteiger partial charge in [0.2, 0.25) is 0 Å². The summed E-state index contributed by atoms with van der Waals surface area (Å²) in [5.41, 5.74) is -0.00463. The van der Waals surface area contributed by atoms with E-state index in [2.05, 4.69) is 0 Å². The molecule has 0 aliphatic heterocycles. The van der Waals surface area contributed by atoms with Crippen molar-refractivity contribution in [2.45, 2.75) is 0 Å². The number of ether oxygens (including phenoxy) is 1. The standard InChI is InChI=1S/C7H7NO3.H3N/c1-11-7-5-3-2-4-6(7)8(9)10;/h2-5H,1H3;1H3. The molecule has 0 bridgehead atoms. The van der Waals surface area contributed by atoms with Crippen LogP contribution in [0.15, 0.2) is 24.3 Å². The van der Waals surface area contributed by atoms with Gasteiger partial charge in [-0.1, -0.05) is 12.1 Å². The summed E-state index contributed by atoms with van der Waals surface area (Å²) in [7, 11) is 1.41.